The van der Waals surface area contributed by atoms with Gasteiger partial charge in [0.1, 0.15) is 11.0 Å². The van der Waals surface area contributed by atoms with Crippen molar-refractivity contribution in [3.63, 3.8) is 0 Å². The fourth-order valence-corrected chi connectivity index (χ4v) is 1.38. The molecule has 0 radical (unpaired) electrons. The van der Waals surface area contributed by atoms with Crippen LogP contribution in [0.3, 0.4) is 0 Å². The van der Waals surface area contributed by atoms with Crippen molar-refractivity contribution in [2.24, 2.45) is 5.73 Å². The lowest BCUT2D eigenvalue weighted by Crippen LogP contribution is -2.36. The lowest BCUT2D eigenvalue weighted by Gasteiger charge is -2.25. The molecule has 5 nitrogen and oxygen atoms in total. The number of nitrogens with one attached hydrogen (secondary N) is 1. The zero-order valence-corrected chi connectivity index (χ0v) is 9.38. The largest absolute Gasteiger partial charge is 0.370 e. The summed E-state index contributed by atoms with van der Waals surface area (Å²) in [6.45, 7) is 3.70. The number of nitrogens with two attached hydrogens (primary N) is 1. The summed E-state index contributed by atoms with van der Waals surface area (Å²) < 4.78 is 0. The lowest BCUT2D eigenvalue weighted by molar-refractivity contribution is -0.118. The monoisotopic (exact) mass is 228 g/mol. The van der Waals surface area contributed by atoms with Gasteiger partial charge >= 0.3 is 0 Å². The number of carbonyl (C=O) groups excluding carboxylic acids is 1. The number of aromatic nitrogens is 2. The normalized spacial score (nSPS) is 11.1. The number of anilines is 1. The Balaban J connectivity index is 2.72. The third-order valence-electron chi connectivity index (χ3n) is 1.69. The van der Waals surface area contributed by atoms with Crippen molar-refractivity contribution >= 4 is 23.3 Å². The van der Waals surface area contributed by atoms with Gasteiger partial charge in [-0.25, -0.2) is 4.98 Å². The van der Waals surface area contributed by atoms with Gasteiger partial charge < -0.3 is 11.1 Å². The Hall–Kier alpha value is -1.36. The number of primary amides is 1. The predicted molar refractivity (Wildman–Crippen MR) is 58.6 cm³/mol. The second kappa shape index (κ2) is 4.44. The first-order chi connectivity index (χ1) is 6.89. The van der Waals surface area contributed by atoms with Gasteiger partial charge in [0.25, 0.3) is 0 Å². The van der Waals surface area contributed by atoms with Crippen LogP contribution in [-0.4, -0.2) is 21.4 Å². The molecule has 0 aliphatic heterocycles. The molecule has 0 bridgehead atoms. The third kappa shape index (κ3) is 4.12. The van der Waals surface area contributed by atoms with Crippen molar-refractivity contribution in [1.29, 1.82) is 0 Å². The fraction of sp³-hybridized carbons (Fsp3) is 0.444. The van der Waals surface area contributed by atoms with Gasteiger partial charge in [-0.2, -0.15) is 0 Å². The van der Waals surface area contributed by atoms with Gasteiger partial charge in [-0.3, -0.25) is 9.78 Å². The summed E-state index contributed by atoms with van der Waals surface area (Å²) in [7, 11) is 0. The molecule has 1 rings (SSSR count). The molecule has 0 unspecified atom stereocenters. The van der Waals surface area contributed by atoms with Gasteiger partial charge in [0.15, 0.2) is 0 Å². The highest BCUT2D eigenvalue weighted by Crippen LogP contribution is 2.16. The smallest absolute Gasteiger partial charge is 0.219 e. The van der Waals surface area contributed by atoms with Crippen LogP contribution in [0, 0.1) is 0 Å². The van der Waals surface area contributed by atoms with Crippen LogP contribution in [0.1, 0.15) is 20.3 Å². The molecule has 1 heterocycles. The topological polar surface area (TPSA) is 80.9 Å². The van der Waals surface area contributed by atoms with E-state index in [9.17, 15) is 4.79 Å². The summed E-state index contributed by atoms with van der Waals surface area (Å²) in [6.07, 6.45) is 3.18. The molecule has 0 atom stereocenters. The van der Waals surface area contributed by atoms with E-state index in [2.05, 4.69) is 15.3 Å². The van der Waals surface area contributed by atoms with Gasteiger partial charge in [0.2, 0.25) is 5.91 Å². The minimum Gasteiger partial charge on any atom is -0.370 e. The van der Waals surface area contributed by atoms with Gasteiger partial charge in [0.05, 0.1) is 12.4 Å². The highest BCUT2D eigenvalue weighted by molar-refractivity contribution is 6.29. The maximum atomic E-state index is 10.8. The van der Waals surface area contributed by atoms with Crippen LogP contribution in [0.5, 0.6) is 0 Å². The fourth-order valence-electron chi connectivity index (χ4n) is 1.23. The quantitative estimate of drug-likeness (QED) is 0.811. The van der Waals surface area contributed by atoms with Gasteiger partial charge in [-0.05, 0) is 13.8 Å². The molecule has 1 aromatic heterocycles. The van der Waals surface area contributed by atoms with Crippen molar-refractivity contribution < 1.29 is 4.79 Å². The van der Waals surface area contributed by atoms with E-state index in [4.69, 9.17) is 17.3 Å². The molecule has 0 spiro atoms. The van der Waals surface area contributed by atoms with Gasteiger partial charge in [0, 0.05) is 12.0 Å². The Morgan fingerprint density at radius 1 is 1.60 bits per heavy atom. The van der Waals surface area contributed by atoms with E-state index in [-0.39, 0.29) is 12.3 Å². The minimum atomic E-state index is -0.467. The van der Waals surface area contributed by atoms with Crippen molar-refractivity contribution in [1.82, 2.24) is 9.97 Å². The van der Waals surface area contributed by atoms with E-state index in [0.717, 1.165) is 0 Å². The molecule has 0 fully saturated rings. The molecule has 0 saturated carbocycles. The number of rotatable bonds is 4. The number of halogens is 1. The van der Waals surface area contributed by atoms with Crippen molar-refractivity contribution in [2.45, 2.75) is 25.8 Å². The third-order valence-corrected chi connectivity index (χ3v) is 1.87. The van der Waals surface area contributed by atoms with E-state index in [1.807, 2.05) is 13.8 Å². The minimum absolute atomic E-state index is 0.210. The second-order valence-electron chi connectivity index (χ2n) is 3.88. The van der Waals surface area contributed by atoms with Crippen LogP contribution < -0.4 is 11.1 Å². The van der Waals surface area contributed by atoms with Crippen LogP contribution >= 0.6 is 11.6 Å². The highest BCUT2D eigenvalue weighted by atomic mass is 35.5. The number of carbonyl (C=O) groups is 1. The molecule has 15 heavy (non-hydrogen) atoms. The molecular weight excluding hydrogens is 216 g/mol. The van der Waals surface area contributed by atoms with E-state index in [1.54, 1.807) is 0 Å². The molecule has 0 saturated heterocycles. The van der Waals surface area contributed by atoms with Gasteiger partial charge in [-0.1, -0.05) is 11.6 Å². The molecule has 0 aliphatic rings. The molecule has 1 amide bonds. The number of hydrogen-bond acceptors (Lipinski definition) is 4. The summed E-state index contributed by atoms with van der Waals surface area (Å²) in [4.78, 5) is 18.7. The highest BCUT2D eigenvalue weighted by Gasteiger charge is 2.20. The summed E-state index contributed by atoms with van der Waals surface area (Å²) >= 11 is 5.67. The van der Waals surface area contributed by atoms with Crippen molar-refractivity contribution in [2.75, 3.05) is 5.32 Å². The van der Waals surface area contributed by atoms with Crippen LogP contribution in [0.4, 0.5) is 5.82 Å². The Bertz CT molecular complexity index is 367. The molecule has 82 valence electrons. The zero-order valence-electron chi connectivity index (χ0n) is 8.62. The molecular formula is C9H13ClN4O. The molecule has 0 aliphatic carbocycles. The van der Waals surface area contributed by atoms with Gasteiger partial charge in [-0.15, -0.1) is 0 Å². The van der Waals surface area contributed by atoms with E-state index in [1.165, 1.54) is 12.4 Å². The summed E-state index contributed by atoms with van der Waals surface area (Å²) in [5.74, 6) is 0.149. The molecule has 1 aromatic rings. The van der Waals surface area contributed by atoms with Crippen LogP contribution in [-0.2, 0) is 4.79 Å². The van der Waals surface area contributed by atoms with E-state index in [0.29, 0.717) is 11.0 Å². The average molecular weight is 229 g/mol. The first-order valence-corrected chi connectivity index (χ1v) is 4.81. The molecule has 6 heteroatoms. The zero-order chi connectivity index (χ0) is 11.5. The van der Waals surface area contributed by atoms with Crippen LogP contribution in [0.25, 0.3) is 0 Å². The maximum Gasteiger partial charge on any atom is 0.219 e. The molecule has 3 N–H and O–H groups in total. The number of nitrogens with zero attached hydrogens (tertiary/aromatic N) is 2. The summed E-state index contributed by atoms with van der Waals surface area (Å²) in [6, 6.07) is 0. The lowest BCUT2D eigenvalue weighted by atomic mass is 10.0. The summed E-state index contributed by atoms with van der Waals surface area (Å²) in [5.41, 5.74) is 4.65. The van der Waals surface area contributed by atoms with Crippen LogP contribution in [0.15, 0.2) is 12.4 Å². The van der Waals surface area contributed by atoms with Crippen molar-refractivity contribution in [3.8, 4) is 0 Å². The van der Waals surface area contributed by atoms with E-state index >= 15 is 0 Å². The first kappa shape index (κ1) is 11.7. The Morgan fingerprint density at radius 3 is 2.80 bits per heavy atom. The summed E-state index contributed by atoms with van der Waals surface area (Å²) in [5, 5.41) is 3.33. The van der Waals surface area contributed by atoms with Crippen molar-refractivity contribution in [3.05, 3.63) is 17.5 Å². The standard InChI is InChI=1S/C9H13ClN4O/c1-9(2,3-7(11)15)14-8-5-12-4-6(10)13-8/h4-5H,3H2,1-2H3,(H2,11,15)(H,13,14). The predicted octanol–water partition coefficient (Wildman–Crippen LogP) is 1.20. The first-order valence-electron chi connectivity index (χ1n) is 4.43. The SMILES string of the molecule is CC(C)(CC(N)=O)Nc1cncc(Cl)n1. The Labute approximate surface area is 93.0 Å². The maximum absolute atomic E-state index is 10.8. The van der Waals surface area contributed by atoms with Crippen LogP contribution in [0.2, 0.25) is 5.15 Å². The second-order valence-corrected chi connectivity index (χ2v) is 4.27. The molecule has 0 aromatic carbocycles. The number of hydrogen-bond donors (Lipinski definition) is 2. The average Bonchev–Trinajstić information content (AvgIpc) is 1.99. The number of amides is 1. The Morgan fingerprint density at radius 2 is 2.27 bits per heavy atom. The van der Waals surface area contributed by atoms with E-state index < -0.39 is 5.54 Å². The Kier molecular flexibility index (Phi) is 3.47.